The van der Waals surface area contributed by atoms with Crippen molar-refractivity contribution in [3.05, 3.63) is 28.2 Å². The van der Waals surface area contributed by atoms with Crippen LogP contribution in [-0.4, -0.2) is 34.1 Å². The molecule has 1 saturated heterocycles. The second-order valence-corrected chi connectivity index (χ2v) is 5.98. The topological polar surface area (TPSA) is 93.4 Å². The number of carboxylic acids is 1. The quantitative estimate of drug-likeness (QED) is 0.856. The van der Waals surface area contributed by atoms with E-state index >= 15 is 0 Å². The van der Waals surface area contributed by atoms with Crippen molar-refractivity contribution in [2.24, 2.45) is 0 Å². The van der Waals surface area contributed by atoms with Crippen LogP contribution in [0.25, 0.3) is 0 Å². The zero-order chi connectivity index (χ0) is 15.6. The van der Waals surface area contributed by atoms with E-state index in [1.165, 1.54) is 11.8 Å². The summed E-state index contributed by atoms with van der Waals surface area (Å²) in [6.07, 6.45) is 1.06. The maximum Gasteiger partial charge on any atom is 0.329 e. The fourth-order valence-electron chi connectivity index (χ4n) is 2.41. The summed E-state index contributed by atoms with van der Waals surface area (Å²) < 4.78 is 0.730. The molecule has 1 aromatic rings. The van der Waals surface area contributed by atoms with Crippen LogP contribution in [0.5, 0.6) is 0 Å². The number of nitriles is 1. The highest BCUT2D eigenvalue weighted by Crippen LogP contribution is 2.30. The van der Waals surface area contributed by atoms with Crippen LogP contribution in [0.4, 0.5) is 10.5 Å². The number of nitrogens with one attached hydrogen (secondary N) is 1. The van der Waals surface area contributed by atoms with E-state index in [0.717, 1.165) is 4.47 Å². The Balaban J connectivity index is 2.23. The van der Waals surface area contributed by atoms with Crippen molar-refractivity contribution >= 4 is 33.6 Å². The Morgan fingerprint density at radius 3 is 2.86 bits per heavy atom. The first-order valence-electron chi connectivity index (χ1n) is 6.40. The lowest BCUT2D eigenvalue weighted by molar-refractivity contribution is -0.146. The number of halogens is 1. The molecule has 1 aliphatic heterocycles. The molecule has 110 valence electrons. The predicted molar refractivity (Wildman–Crippen MR) is 79.9 cm³/mol. The lowest BCUT2D eigenvalue weighted by Crippen LogP contribution is -2.52. The molecule has 1 unspecified atom stereocenters. The highest BCUT2D eigenvalue weighted by atomic mass is 79.9. The molecule has 0 radical (unpaired) electrons. The van der Waals surface area contributed by atoms with Crippen LogP contribution in [0.3, 0.4) is 0 Å². The van der Waals surface area contributed by atoms with Crippen LogP contribution >= 0.6 is 15.9 Å². The molecule has 0 spiro atoms. The summed E-state index contributed by atoms with van der Waals surface area (Å²) in [6, 6.07) is 6.40. The van der Waals surface area contributed by atoms with Crippen LogP contribution in [-0.2, 0) is 4.79 Å². The van der Waals surface area contributed by atoms with Gasteiger partial charge in [-0.25, -0.2) is 9.59 Å². The Bertz CT molecular complexity index is 641. The van der Waals surface area contributed by atoms with Crippen LogP contribution in [0.15, 0.2) is 22.7 Å². The maximum absolute atomic E-state index is 12.3. The summed E-state index contributed by atoms with van der Waals surface area (Å²) in [7, 11) is 0. The number of likely N-dealkylation sites (tertiary alicyclic amines) is 1. The van der Waals surface area contributed by atoms with E-state index in [4.69, 9.17) is 5.26 Å². The summed E-state index contributed by atoms with van der Waals surface area (Å²) in [4.78, 5) is 25.0. The lowest BCUT2D eigenvalue weighted by Gasteiger charge is -2.31. The number of hydrogen-bond acceptors (Lipinski definition) is 3. The number of anilines is 1. The van der Waals surface area contributed by atoms with Crippen molar-refractivity contribution < 1.29 is 14.7 Å². The van der Waals surface area contributed by atoms with E-state index in [0.29, 0.717) is 30.6 Å². The van der Waals surface area contributed by atoms with E-state index in [1.54, 1.807) is 18.2 Å². The molecule has 2 rings (SSSR count). The molecule has 2 N–H and O–H groups in total. The number of carboxylic acid groups (broad SMARTS) is 1. The van der Waals surface area contributed by atoms with Gasteiger partial charge in [-0.15, -0.1) is 0 Å². The standard InChI is InChI=1S/C14H14BrN3O3/c1-14(12(19)20)5-2-6-18(14)13(21)17-11-4-3-10(15)7-9(11)8-16/h3-4,7H,2,5-6H2,1H3,(H,17,21)(H,19,20). The SMILES string of the molecule is CC1(C(=O)O)CCCN1C(=O)Nc1ccc(Br)cc1C#N. The monoisotopic (exact) mass is 351 g/mol. The fourth-order valence-corrected chi connectivity index (χ4v) is 2.77. The van der Waals surface area contributed by atoms with E-state index in [-0.39, 0.29) is 0 Å². The number of hydrogen-bond donors (Lipinski definition) is 2. The number of amides is 2. The minimum atomic E-state index is -1.20. The van der Waals surface area contributed by atoms with Gasteiger partial charge in [0.2, 0.25) is 0 Å². The fraction of sp³-hybridized carbons (Fsp3) is 0.357. The summed E-state index contributed by atoms with van der Waals surface area (Å²) >= 11 is 3.25. The zero-order valence-corrected chi connectivity index (χ0v) is 13.0. The molecule has 6 nitrogen and oxygen atoms in total. The number of carbonyl (C=O) groups is 2. The second-order valence-electron chi connectivity index (χ2n) is 5.07. The molecule has 0 aliphatic carbocycles. The number of carbonyl (C=O) groups excluding carboxylic acids is 1. The van der Waals surface area contributed by atoms with Crippen molar-refractivity contribution in [2.45, 2.75) is 25.3 Å². The van der Waals surface area contributed by atoms with Gasteiger partial charge in [-0.2, -0.15) is 5.26 Å². The molecule has 1 atom stereocenters. The number of nitrogens with zero attached hydrogens (tertiary/aromatic N) is 2. The summed E-state index contributed by atoms with van der Waals surface area (Å²) in [6.45, 7) is 1.92. The van der Waals surface area contributed by atoms with Gasteiger partial charge in [0.05, 0.1) is 11.3 Å². The van der Waals surface area contributed by atoms with Crippen LogP contribution in [0.2, 0.25) is 0 Å². The third-order valence-corrected chi connectivity index (χ3v) is 4.18. The van der Waals surface area contributed by atoms with E-state index in [1.807, 2.05) is 6.07 Å². The van der Waals surface area contributed by atoms with Gasteiger partial charge < -0.3 is 15.3 Å². The van der Waals surface area contributed by atoms with Crippen LogP contribution < -0.4 is 5.32 Å². The Hall–Kier alpha value is -2.07. The van der Waals surface area contributed by atoms with Crippen molar-refractivity contribution in [1.82, 2.24) is 4.90 Å². The third-order valence-electron chi connectivity index (χ3n) is 3.69. The van der Waals surface area contributed by atoms with Gasteiger partial charge in [0.15, 0.2) is 0 Å². The minimum absolute atomic E-state index is 0.314. The first kappa shape index (κ1) is 15.3. The van der Waals surface area contributed by atoms with Crippen LogP contribution in [0.1, 0.15) is 25.3 Å². The summed E-state index contributed by atoms with van der Waals surface area (Å²) in [5.74, 6) is -1.02. The third kappa shape index (κ3) is 2.85. The largest absolute Gasteiger partial charge is 0.480 e. The minimum Gasteiger partial charge on any atom is -0.480 e. The molecule has 0 bridgehead atoms. The van der Waals surface area contributed by atoms with Gasteiger partial charge in [0, 0.05) is 11.0 Å². The van der Waals surface area contributed by atoms with Crippen molar-refractivity contribution in [3.63, 3.8) is 0 Å². The molecule has 0 aromatic heterocycles. The molecule has 1 heterocycles. The molecular weight excluding hydrogens is 338 g/mol. The predicted octanol–water partition coefficient (Wildman–Crippen LogP) is 2.79. The molecule has 1 aromatic carbocycles. The second kappa shape index (κ2) is 5.74. The Kier molecular flexibility index (Phi) is 4.19. The van der Waals surface area contributed by atoms with Gasteiger partial charge >= 0.3 is 12.0 Å². The van der Waals surface area contributed by atoms with E-state index in [2.05, 4.69) is 21.2 Å². The Labute approximate surface area is 130 Å². The highest BCUT2D eigenvalue weighted by molar-refractivity contribution is 9.10. The van der Waals surface area contributed by atoms with Gasteiger partial charge in [-0.3, -0.25) is 0 Å². The first-order valence-corrected chi connectivity index (χ1v) is 7.19. The van der Waals surface area contributed by atoms with Gasteiger partial charge in [-0.05, 0) is 38.0 Å². The first-order chi connectivity index (χ1) is 9.88. The Morgan fingerprint density at radius 1 is 1.52 bits per heavy atom. The molecule has 1 aliphatic rings. The highest BCUT2D eigenvalue weighted by Gasteiger charge is 2.46. The summed E-state index contributed by atoms with van der Waals surface area (Å²) in [5, 5.41) is 21.0. The number of urea groups is 1. The van der Waals surface area contributed by atoms with Crippen LogP contribution in [0, 0.1) is 11.3 Å². The van der Waals surface area contributed by atoms with E-state index in [9.17, 15) is 14.7 Å². The molecule has 7 heteroatoms. The van der Waals surface area contributed by atoms with Gasteiger partial charge in [0.1, 0.15) is 11.6 Å². The normalized spacial score (nSPS) is 20.9. The molecule has 1 fully saturated rings. The average Bonchev–Trinajstić information content (AvgIpc) is 2.84. The molecular formula is C14H14BrN3O3. The van der Waals surface area contributed by atoms with Crippen molar-refractivity contribution in [1.29, 1.82) is 5.26 Å². The molecule has 0 saturated carbocycles. The van der Waals surface area contributed by atoms with E-state index < -0.39 is 17.5 Å². The lowest BCUT2D eigenvalue weighted by atomic mass is 10.00. The average molecular weight is 352 g/mol. The van der Waals surface area contributed by atoms with Gasteiger partial charge in [-0.1, -0.05) is 15.9 Å². The Morgan fingerprint density at radius 2 is 2.24 bits per heavy atom. The van der Waals surface area contributed by atoms with Crippen molar-refractivity contribution in [3.8, 4) is 6.07 Å². The number of rotatable bonds is 2. The molecule has 21 heavy (non-hydrogen) atoms. The zero-order valence-electron chi connectivity index (χ0n) is 11.4. The van der Waals surface area contributed by atoms with Gasteiger partial charge in [0.25, 0.3) is 0 Å². The smallest absolute Gasteiger partial charge is 0.329 e. The van der Waals surface area contributed by atoms with Crippen molar-refractivity contribution in [2.75, 3.05) is 11.9 Å². The summed E-state index contributed by atoms with van der Waals surface area (Å²) in [5.41, 5.74) is -0.522. The number of benzene rings is 1. The molecule has 2 amide bonds. The number of aliphatic carboxylic acids is 1. The maximum atomic E-state index is 12.3.